The summed E-state index contributed by atoms with van der Waals surface area (Å²) in [6.07, 6.45) is 19.6. The fourth-order valence-electron chi connectivity index (χ4n) is 2.75. The van der Waals surface area contributed by atoms with Gasteiger partial charge in [0.05, 0.1) is 0 Å². The zero-order valence-electron chi connectivity index (χ0n) is 14.3. The molecule has 0 unspecified atom stereocenters. The van der Waals surface area contributed by atoms with Gasteiger partial charge in [-0.25, -0.2) is 0 Å². The number of unbranched alkanes of at least 4 members (excludes halogenated alkanes) is 10. The summed E-state index contributed by atoms with van der Waals surface area (Å²) in [4.78, 5) is 0. The van der Waals surface area contributed by atoms with Crippen molar-refractivity contribution in [1.82, 2.24) is 0 Å². The first-order valence-electron chi connectivity index (χ1n) is 9.49. The van der Waals surface area contributed by atoms with Gasteiger partial charge in [-0.1, -0.05) is 70.6 Å². The SMILES string of the molecule is CCSCCCCCCCCCCCCC#CC1CCC1. The van der Waals surface area contributed by atoms with Crippen LogP contribution in [-0.4, -0.2) is 11.5 Å². The molecule has 122 valence electrons. The zero-order valence-corrected chi connectivity index (χ0v) is 15.1. The van der Waals surface area contributed by atoms with E-state index in [1.54, 1.807) is 0 Å². The van der Waals surface area contributed by atoms with E-state index < -0.39 is 0 Å². The number of hydrogen-bond acceptors (Lipinski definition) is 1. The van der Waals surface area contributed by atoms with E-state index in [1.807, 2.05) is 0 Å². The van der Waals surface area contributed by atoms with Gasteiger partial charge in [-0.15, -0.1) is 5.92 Å². The van der Waals surface area contributed by atoms with Gasteiger partial charge in [0.15, 0.2) is 0 Å². The highest BCUT2D eigenvalue weighted by Crippen LogP contribution is 2.25. The summed E-state index contributed by atoms with van der Waals surface area (Å²) in [5.74, 6) is 10.2. The van der Waals surface area contributed by atoms with Crippen molar-refractivity contribution in [2.24, 2.45) is 5.92 Å². The molecule has 0 aromatic heterocycles. The summed E-state index contributed by atoms with van der Waals surface area (Å²) < 4.78 is 0. The van der Waals surface area contributed by atoms with E-state index in [0.29, 0.717) is 0 Å². The van der Waals surface area contributed by atoms with Crippen LogP contribution in [-0.2, 0) is 0 Å². The predicted molar refractivity (Wildman–Crippen MR) is 98.9 cm³/mol. The normalized spacial score (nSPS) is 14.5. The molecule has 1 aliphatic rings. The van der Waals surface area contributed by atoms with Gasteiger partial charge in [-0.05, 0) is 37.2 Å². The van der Waals surface area contributed by atoms with Crippen molar-refractivity contribution in [3.05, 3.63) is 0 Å². The molecule has 21 heavy (non-hydrogen) atoms. The van der Waals surface area contributed by atoms with Crippen LogP contribution in [0.1, 0.15) is 96.8 Å². The summed E-state index contributed by atoms with van der Waals surface area (Å²) in [7, 11) is 0. The van der Waals surface area contributed by atoms with E-state index in [4.69, 9.17) is 0 Å². The molecule has 1 heteroatoms. The van der Waals surface area contributed by atoms with Crippen LogP contribution in [0.15, 0.2) is 0 Å². The largest absolute Gasteiger partial charge is 0.162 e. The van der Waals surface area contributed by atoms with Crippen molar-refractivity contribution in [3.8, 4) is 11.8 Å². The third-order valence-electron chi connectivity index (χ3n) is 4.46. The first-order valence-corrected chi connectivity index (χ1v) is 10.6. The quantitative estimate of drug-likeness (QED) is 0.265. The Balaban J connectivity index is 1.67. The Labute approximate surface area is 138 Å². The molecule has 0 aliphatic heterocycles. The molecule has 0 bridgehead atoms. The molecule has 0 nitrogen and oxygen atoms in total. The van der Waals surface area contributed by atoms with Gasteiger partial charge in [-0.2, -0.15) is 11.8 Å². The van der Waals surface area contributed by atoms with Crippen molar-refractivity contribution in [3.63, 3.8) is 0 Å². The standard InChI is InChI=1S/C20H36S/c1-2-21-19-14-12-10-8-6-4-3-5-7-9-11-13-16-20-17-15-18-20/h20H,2-12,14-15,17-19H2,1H3. The highest BCUT2D eigenvalue weighted by Gasteiger charge is 2.13. The lowest BCUT2D eigenvalue weighted by molar-refractivity contribution is 0.401. The second-order valence-corrected chi connectivity index (χ2v) is 7.83. The maximum atomic E-state index is 3.41. The van der Waals surface area contributed by atoms with Gasteiger partial charge in [0.1, 0.15) is 0 Å². The van der Waals surface area contributed by atoms with Gasteiger partial charge < -0.3 is 0 Å². The van der Waals surface area contributed by atoms with Crippen molar-refractivity contribution < 1.29 is 0 Å². The van der Waals surface area contributed by atoms with Gasteiger partial charge in [0, 0.05) is 12.3 Å². The van der Waals surface area contributed by atoms with E-state index in [1.165, 1.54) is 95.0 Å². The van der Waals surface area contributed by atoms with Gasteiger partial charge >= 0.3 is 0 Å². The minimum Gasteiger partial charge on any atom is -0.162 e. The second kappa shape index (κ2) is 14.8. The zero-order chi connectivity index (χ0) is 15.0. The Morgan fingerprint density at radius 1 is 0.810 bits per heavy atom. The third kappa shape index (κ3) is 12.2. The van der Waals surface area contributed by atoms with Crippen LogP contribution in [0.25, 0.3) is 0 Å². The number of hydrogen-bond donors (Lipinski definition) is 0. The summed E-state index contributed by atoms with van der Waals surface area (Å²) in [5, 5.41) is 0. The minimum atomic E-state index is 0.769. The average molecular weight is 309 g/mol. The molecule has 0 atom stereocenters. The van der Waals surface area contributed by atoms with Crippen LogP contribution in [0.2, 0.25) is 0 Å². The smallest absolute Gasteiger partial charge is 0.0202 e. The Morgan fingerprint density at radius 2 is 1.38 bits per heavy atom. The van der Waals surface area contributed by atoms with Gasteiger partial charge in [0.25, 0.3) is 0 Å². The number of thioether (sulfide) groups is 1. The van der Waals surface area contributed by atoms with Crippen molar-refractivity contribution >= 4 is 11.8 Å². The maximum absolute atomic E-state index is 3.41. The molecule has 0 heterocycles. The van der Waals surface area contributed by atoms with Crippen LogP contribution in [0, 0.1) is 17.8 Å². The van der Waals surface area contributed by atoms with E-state index in [-0.39, 0.29) is 0 Å². The molecule has 0 N–H and O–H groups in total. The molecule has 1 rings (SSSR count). The first-order chi connectivity index (χ1) is 10.4. The number of rotatable bonds is 13. The molecule has 1 fully saturated rings. The summed E-state index contributed by atoms with van der Waals surface area (Å²) in [6.45, 7) is 2.26. The van der Waals surface area contributed by atoms with Crippen LogP contribution >= 0.6 is 11.8 Å². The Kier molecular flexibility index (Phi) is 13.4. The molecule has 0 spiro atoms. The van der Waals surface area contributed by atoms with Crippen LogP contribution < -0.4 is 0 Å². The molecule has 0 aromatic rings. The van der Waals surface area contributed by atoms with Crippen molar-refractivity contribution in [2.75, 3.05) is 11.5 Å². The highest BCUT2D eigenvalue weighted by atomic mass is 32.2. The minimum absolute atomic E-state index is 0.769. The van der Waals surface area contributed by atoms with Crippen LogP contribution in [0.3, 0.4) is 0 Å². The summed E-state index contributed by atoms with van der Waals surface area (Å²) in [6, 6.07) is 0. The Morgan fingerprint density at radius 3 is 1.90 bits per heavy atom. The lowest BCUT2D eigenvalue weighted by Gasteiger charge is -2.18. The third-order valence-corrected chi connectivity index (χ3v) is 5.44. The van der Waals surface area contributed by atoms with Crippen molar-refractivity contribution in [1.29, 1.82) is 0 Å². The maximum Gasteiger partial charge on any atom is 0.0202 e. The lowest BCUT2D eigenvalue weighted by Crippen LogP contribution is -2.07. The summed E-state index contributed by atoms with van der Waals surface area (Å²) >= 11 is 2.09. The van der Waals surface area contributed by atoms with E-state index in [9.17, 15) is 0 Å². The van der Waals surface area contributed by atoms with E-state index in [2.05, 4.69) is 30.5 Å². The topological polar surface area (TPSA) is 0 Å². The molecule has 0 radical (unpaired) electrons. The Hall–Kier alpha value is -0.0900. The van der Waals surface area contributed by atoms with Gasteiger partial charge in [0.2, 0.25) is 0 Å². The molecule has 1 aliphatic carbocycles. The van der Waals surface area contributed by atoms with Crippen LogP contribution in [0.5, 0.6) is 0 Å². The molecular weight excluding hydrogens is 272 g/mol. The Bertz CT molecular complexity index is 269. The average Bonchev–Trinajstić information content (AvgIpc) is 2.45. The first kappa shape index (κ1) is 19.0. The molecule has 1 saturated carbocycles. The van der Waals surface area contributed by atoms with E-state index >= 15 is 0 Å². The van der Waals surface area contributed by atoms with Crippen LogP contribution in [0.4, 0.5) is 0 Å². The molecule has 0 amide bonds. The molecule has 0 aromatic carbocycles. The highest BCUT2D eigenvalue weighted by molar-refractivity contribution is 7.99. The molecule has 0 saturated heterocycles. The van der Waals surface area contributed by atoms with E-state index in [0.717, 1.165) is 12.3 Å². The van der Waals surface area contributed by atoms with Gasteiger partial charge in [-0.3, -0.25) is 0 Å². The fraction of sp³-hybridized carbons (Fsp3) is 0.900. The molecular formula is C20H36S. The van der Waals surface area contributed by atoms with Crippen molar-refractivity contribution in [2.45, 2.75) is 96.8 Å². The second-order valence-electron chi connectivity index (χ2n) is 6.43. The fourth-order valence-corrected chi connectivity index (χ4v) is 3.44. The lowest BCUT2D eigenvalue weighted by atomic mass is 9.86. The predicted octanol–water partition coefficient (Wildman–Crippen LogP) is 6.83. The summed E-state index contributed by atoms with van der Waals surface area (Å²) in [5.41, 5.74) is 0. The monoisotopic (exact) mass is 308 g/mol.